The highest BCUT2D eigenvalue weighted by atomic mass is 35.5. The molecule has 2 N–H and O–H groups in total. The minimum Gasteiger partial charge on any atom is -0.434 e. The van der Waals surface area contributed by atoms with Crippen LogP contribution in [0, 0.1) is 5.92 Å². The van der Waals surface area contributed by atoms with E-state index in [-0.39, 0.29) is 29.2 Å². The molecular formula is C14H17ClF2N2O2. The zero-order valence-electron chi connectivity index (χ0n) is 11.6. The summed E-state index contributed by atoms with van der Waals surface area (Å²) in [7, 11) is 0. The van der Waals surface area contributed by atoms with Crippen molar-refractivity contribution in [2.45, 2.75) is 26.0 Å². The number of nitrogens with zero attached hydrogens (tertiary/aromatic N) is 1. The lowest BCUT2D eigenvalue weighted by atomic mass is 10.1. The topological polar surface area (TPSA) is 55.6 Å². The smallest absolute Gasteiger partial charge is 0.387 e. The molecule has 1 aromatic rings. The number of likely N-dealkylation sites (tertiary alicyclic amines) is 1. The maximum absolute atomic E-state index is 12.6. The summed E-state index contributed by atoms with van der Waals surface area (Å²) in [6, 6.07) is 4.04. The maximum atomic E-state index is 12.6. The number of halogens is 3. The van der Waals surface area contributed by atoms with E-state index in [0.717, 1.165) is 6.42 Å². The zero-order valence-corrected chi connectivity index (χ0v) is 12.3. The number of rotatable bonds is 4. The first-order valence-electron chi connectivity index (χ1n) is 6.67. The van der Waals surface area contributed by atoms with Crippen molar-refractivity contribution in [1.29, 1.82) is 0 Å². The number of ether oxygens (including phenoxy) is 1. The molecule has 1 saturated heterocycles. The fourth-order valence-corrected chi connectivity index (χ4v) is 2.79. The number of alkyl halides is 2. The van der Waals surface area contributed by atoms with Crippen LogP contribution < -0.4 is 10.5 Å². The third kappa shape index (κ3) is 3.63. The number of nitrogens with two attached hydrogens (primary N) is 1. The van der Waals surface area contributed by atoms with E-state index in [0.29, 0.717) is 18.1 Å². The fraction of sp³-hybridized carbons (Fsp3) is 0.500. The number of carbonyl (C=O) groups is 1. The quantitative estimate of drug-likeness (QED) is 0.928. The molecule has 4 nitrogen and oxygen atoms in total. The van der Waals surface area contributed by atoms with Crippen LogP contribution in [0.3, 0.4) is 0 Å². The summed E-state index contributed by atoms with van der Waals surface area (Å²) < 4.78 is 29.3. The molecule has 1 aromatic carbocycles. The normalized spacial score (nSPS) is 21.9. The third-order valence-corrected chi connectivity index (χ3v) is 3.88. The van der Waals surface area contributed by atoms with Gasteiger partial charge in [-0.05, 0) is 44.0 Å². The summed E-state index contributed by atoms with van der Waals surface area (Å²) in [6.45, 7) is -0.0852. The Labute approximate surface area is 126 Å². The molecule has 2 rings (SSSR count). The summed E-state index contributed by atoms with van der Waals surface area (Å²) in [6.07, 6.45) is 0.799. The van der Waals surface area contributed by atoms with Crippen LogP contribution in [0.25, 0.3) is 0 Å². The Bertz CT molecular complexity index is 528. The molecule has 2 atom stereocenters. The second kappa shape index (κ2) is 6.58. The van der Waals surface area contributed by atoms with Crippen molar-refractivity contribution in [3.8, 4) is 5.75 Å². The van der Waals surface area contributed by atoms with Gasteiger partial charge in [0.05, 0.1) is 5.56 Å². The van der Waals surface area contributed by atoms with Gasteiger partial charge in [0, 0.05) is 17.6 Å². The summed E-state index contributed by atoms with van der Waals surface area (Å²) >= 11 is 5.86. The van der Waals surface area contributed by atoms with Crippen LogP contribution in [0.5, 0.6) is 5.75 Å². The molecule has 0 bridgehead atoms. The molecule has 1 aliphatic heterocycles. The first kappa shape index (κ1) is 16.0. The first-order chi connectivity index (χ1) is 9.92. The Morgan fingerprint density at radius 2 is 2.29 bits per heavy atom. The fourth-order valence-electron chi connectivity index (χ4n) is 2.62. The van der Waals surface area contributed by atoms with E-state index in [1.54, 1.807) is 4.90 Å². The van der Waals surface area contributed by atoms with Crippen LogP contribution in [0.2, 0.25) is 5.02 Å². The molecule has 0 aromatic heterocycles. The lowest BCUT2D eigenvalue weighted by Gasteiger charge is -2.23. The zero-order chi connectivity index (χ0) is 15.6. The predicted octanol–water partition coefficient (Wildman–Crippen LogP) is 2.75. The largest absolute Gasteiger partial charge is 0.434 e. The number of amides is 1. The summed E-state index contributed by atoms with van der Waals surface area (Å²) in [4.78, 5) is 14.2. The Kier molecular flexibility index (Phi) is 5.00. The Morgan fingerprint density at radius 3 is 2.86 bits per heavy atom. The van der Waals surface area contributed by atoms with Crippen LogP contribution in [0.1, 0.15) is 23.7 Å². The Balaban J connectivity index is 2.28. The van der Waals surface area contributed by atoms with Crippen LogP contribution in [0.15, 0.2) is 18.2 Å². The van der Waals surface area contributed by atoms with Gasteiger partial charge in [-0.25, -0.2) is 0 Å². The van der Waals surface area contributed by atoms with Crippen LogP contribution in [0.4, 0.5) is 8.78 Å². The van der Waals surface area contributed by atoms with E-state index < -0.39 is 6.61 Å². The lowest BCUT2D eigenvalue weighted by molar-refractivity contribution is -0.0502. The Hall–Kier alpha value is -1.40. The molecule has 0 saturated carbocycles. The molecule has 1 amide bonds. The van der Waals surface area contributed by atoms with Gasteiger partial charge in [-0.2, -0.15) is 8.78 Å². The van der Waals surface area contributed by atoms with E-state index >= 15 is 0 Å². The van der Waals surface area contributed by atoms with Gasteiger partial charge in [0.15, 0.2) is 0 Å². The SMILES string of the molecule is CC1CC(CN)CN1C(=O)c1cc(Cl)ccc1OC(F)F. The number of carbonyl (C=O) groups excluding carboxylic acids is 1. The average molecular weight is 319 g/mol. The second-order valence-electron chi connectivity index (χ2n) is 5.16. The molecule has 1 fully saturated rings. The molecule has 116 valence electrons. The molecule has 0 spiro atoms. The Morgan fingerprint density at radius 1 is 1.57 bits per heavy atom. The van der Waals surface area contributed by atoms with Crippen LogP contribution in [-0.2, 0) is 0 Å². The van der Waals surface area contributed by atoms with Gasteiger partial charge in [-0.3, -0.25) is 4.79 Å². The number of hydrogen-bond acceptors (Lipinski definition) is 3. The molecule has 21 heavy (non-hydrogen) atoms. The molecule has 2 unspecified atom stereocenters. The highest BCUT2D eigenvalue weighted by Gasteiger charge is 2.33. The van der Waals surface area contributed by atoms with Crippen LogP contribution in [-0.4, -0.2) is 36.5 Å². The van der Waals surface area contributed by atoms with Gasteiger partial charge in [0.2, 0.25) is 0 Å². The van der Waals surface area contributed by atoms with Crippen molar-refractivity contribution in [2.24, 2.45) is 11.7 Å². The van der Waals surface area contributed by atoms with Gasteiger partial charge < -0.3 is 15.4 Å². The van der Waals surface area contributed by atoms with Gasteiger partial charge in [0.1, 0.15) is 5.75 Å². The highest BCUT2D eigenvalue weighted by Crippen LogP contribution is 2.30. The monoisotopic (exact) mass is 318 g/mol. The minimum absolute atomic E-state index is 0.00410. The van der Waals surface area contributed by atoms with Gasteiger partial charge in [0.25, 0.3) is 5.91 Å². The first-order valence-corrected chi connectivity index (χ1v) is 7.05. The van der Waals surface area contributed by atoms with Crippen molar-refractivity contribution in [3.63, 3.8) is 0 Å². The molecule has 7 heteroatoms. The summed E-state index contributed by atoms with van der Waals surface area (Å²) in [5.74, 6) is -0.304. The van der Waals surface area contributed by atoms with Gasteiger partial charge in [-0.1, -0.05) is 11.6 Å². The van der Waals surface area contributed by atoms with Gasteiger partial charge in [-0.15, -0.1) is 0 Å². The second-order valence-corrected chi connectivity index (χ2v) is 5.60. The molecule has 0 radical (unpaired) electrons. The van der Waals surface area contributed by atoms with Crippen molar-refractivity contribution in [3.05, 3.63) is 28.8 Å². The summed E-state index contributed by atoms with van der Waals surface area (Å²) in [5, 5.41) is 0.294. The number of hydrogen-bond donors (Lipinski definition) is 1. The number of benzene rings is 1. The highest BCUT2D eigenvalue weighted by molar-refractivity contribution is 6.31. The maximum Gasteiger partial charge on any atom is 0.387 e. The van der Waals surface area contributed by atoms with E-state index in [9.17, 15) is 13.6 Å². The average Bonchev–Trinajstić information content (AvgIpc) is 2.81. The van der Waals surface area contributed by atoms with Crippen molar-refractivity contribution in [1.82, 2.24) is 4.90 Å². The van der Waals surface area contributed by atoms with Crippen molar-refractivity contribution < 1.29 is 18.3 Å². The molecule has 1 heterocycles. The van der Waals surface area contributed by atoms with E-state index in [1.807, 2.05) is 6.92 Å². The van der Waals surface area contributed by atoms with E-state index in [2.05, 4.69) is 4.74 Å². The summed E-state index contributed by atoms with van der Waals surface area (Å²) in [5.41, 5.74) is 5.68. The standard InChI is InChI=1S/C14H17ClF2N2O2/c1-8-4-9(6-18)7-19(8)13(20)11-5-10(15)2-3-12(11)21-14(16)17/h2-3,5,8-9,14H,4,6-7,18H2,1H3. The van der Waals surface area contributed by atoms with E-state index in [1.165, 1.54) is 18.2 Å². The van der Waals surface area contributed by atoms with E-state index in [4.69, 9.17) is 17.3 Å². The van der Waals surface area contributed by atoms with Crippen molar-refractivity contribution >= 4 is 17.5 Å². The molecular weight excluding hydrogens is 302 g/mol. The molecule has 1 aliphatic rings. The van der Waals surface area contributed by atoms with Crippen molar-refractivity contribution in [2.75, 3.05) is 13.1 Å². The third-order valence-electron chi connectivity index (χ3n) is 3.64. The van der Waals surface area contributed by atoms with Crippen LogP contribution >= 0.6 is 11.6 Å². The minimum atomic E-state index is -2.99. The van der Waals surface area contributed by atoms with Gasteiger partial charge >= 0.3 is 6.61 Å². The molecule has 0 aliphatic carbocycles. The lowest BCUT2D eigenvalue weighted by Crippen LogP contribution is -2.34. The predicted molar refractivity (Wildman–Crippen MR) is 75.7 cm³/mol.